The van der Waals surface area contributed by atoms with Crippen LogP contribution in [0.25, 0.3) is 10.9 Å². The maximum absolute atomic E-state index is 12.3. The first-order valence-electron chi connectivity index (χ1n) is 9.47. The number of carbonyl (C=O) groups is 2. The molecule has 0 radical (unpaired) electrons. The van der Waals surface area contributed by atoms with Crippen molar-refractivity contribution >= 4 is 34.2 Å². The normalized spacial score (nSPS) is 10.5. The van der Waals surface area contributed by atoms with Crippen molar-refractivity contribution in [2.45, 2.75) is 0 Å². The third-order valence-corrected chi connectivity index (χ3v) is 4.42. The van der Waals surface area contributed by atoms with Crippen molar-refractivity contribution in [3.8, 4) is 11.5 Å². The van der Waals surface area contributed by atoms with Crippen molar-refractivity contribution in [1.29, 1.82) is 0 Å². The maximum Gasteiger partial charge on any atom is 0.323 e. The van der Waals surface area contributed by atoms with Gasteiger partial charge in [-0.3, -0.25) is 14.5 Å². The Morgan fingerprint density at radius 1 is 0.935 bits per heavy atom. The predicted molar refractivity (Wildman–Crippen MR) is 117 cm³/mol. The molecule has 2 aromatic heterocycles. The predicted octanol–water partition coefficient (Wildman–Crippen LogP) is 3.76. The molecule has 156 valence electrons. The summed E-state index contributed by atoms with van der Waals surface area (Å²) in [7, 11) is 3.39. The highest BCUT2D eigenvalue weighted by molar-refractivity contribution is 6.01. The minimum Gasteiger partial charge on any atom is -0.457 e. The molecule has 0 fully saturated rings. The zero-order valence-electron chi connectivity index (χ0n) is 16.9. The van der Waals surface area contributed by atoms with E-state index in [0.29, 0.717) is 22.9 Å². The molecule has 2 aromatic carbocycles. The highest BCUT2D eigenvalue weighted by Crippen LogP contribution is 2.23. The van der Waals surface area contributed by atoms with Gasteiger partial charge in [0.2, 0.25) is 0 Å². The molecule has 0 aliphatic heterocycles. The number of urea groups is 1. The van der Waals surface area contributed by atoms with Crippen LogP contribution >= 0.6 is 0 Å². The molecule has 0 spiro atoms. The standard InChI is InChI=1S/C22H20N6O3/c1-23-21(29)20-12-18(9-10-24-20)31-17-6-3-15(4-7-17)25-22(30)26-16-5-8-19-14(11-16)13-28(2)27-19/h3-13H,1-2H3,(H,23,29)(H2,25,26,30). The Kier molecular flexibility index (Phi) is 5.48. The topological polar surface area (TPSA) is 110 Å². The van der Waals surface area contributed by atoms with Crippen molar-refractivity contribution in [2.75, 3.05) is 17.7 Å². The van der Waals surface area contributed by atoms with Gasteiger partial charge in [0.1, 0.15) is 17.2 Å². The fraction of sp³-hybridized carbons (Fsp3) is 0.0909. The van der Waals surface area contributed by atoms with Gasteiger partial charge in [0.05, 0.1) is 5.52 Å². The Labute approximate surface area is 178 Å². The number of amides is 3. The number of rotatable bonds is 5. The summed E-state index contributed by atoms with van der Waals surface area (Å²) in [5.41, 5.74) is 2.40. The molecule has 3 N–H and O–H groups in total. The van der Waals surface area contributed by atoms with Crippen LogP contribution in [0.2, 0.25) is 0 Å². The molecule has 0 saturated carbocycles. The summed E-state index contributed by atoms with van der Waals surface area (Å²) < 4.78 is 7.48. The molecule has 3 amide bonds. The minimum absolute atomic E-state index is 0.263. The monoisotopic (exact) mass is 416 g/mol. The number of anilines is 2. The third kappa shape index (κ3) is 4.78. The average Bonchev–Trinajstić information content (AvgIpc) is 3.14. The van der Waals surface area contributed by atoms with Gasteiger partial charge in [-0.2, -0.15) is 5.10 Å². The number of benzene rings is 2. The fourth-order valence-electron chi connectivity index (χ4n) is 2.99. The van der Waals surface area contributed by atoms with Crippen molar-refractivity contribution in [1.82, 2.24) is 20.1 Å². The van der Waals surface area contributed by atoms with E-state index >= 15 is 0 Å². The Bertz CT molecular complexity index is 1250. The van der Waals surface area contributed by atoms with E-state index in [9.17, 15) is 9.59 Å². The lowest BCUT2D eigenvalue weighted by molar-refractivity contribution is 0.0958. The lowest BCUT2D eigenvalue weighted by Crippen LogP contribution is -2.19. The summed E-state index contributed by atoms with van der Waals surface area (Å²) in [5.74, 6) is 0.749. The van der Waals surface area contributed by atoms with Gasteiger partial charge in [-0.05, 0) is 48.5 Å². The van der Waals surface area contributed by atoms with Crippen LogP contribution in [-0.4, -0.2) is 33.8 Å². The summed E-state index contributed by atoms with van der Waals surface area (Å²) in [5, 5.41) is 13.4. The molecule has 0 bridgehead atoms. The number of ether oxygens (including phenoxy) is 1. The molecule has 4 aromatic rings. The quantitative estimate of drug-likeness (QED) is 0.459. The van der Waals surface area contributed by atoms with E-state index in [0.717, 1.165) is 10.9 Å². The molecule has 0 aliphatic carbocycles. The molecule has 31 heavy (non-hydrogen) atoms. The second-order valence-corrected chi connectivity index (χ2v) is 6.74. The molecule has 9 heteroatoms. The van der Waals surface area contributed by atoms with Crippen LogP contribution in [-0.2, 0) is 7.05 Å². The van der Waals surface area contributed by atoms with Crippen molar-refractivity contribution in [2.24, 2.45) is 7.05 Å². The van der Waals surface area contributed by atoms with E-state index in [2.05, 4.69) is 26.0 Å². The smallest absolute Gasteiger partial charge is 0.323 e. The molecule has 2 heterocycles. The van der Waals surface area contributed by atoms with E-state index in [-0.39, 0.29) is 17.6 Å². The number of hydrogen-bond acceptors (Lipinski definition) is 5. The van der Waals surface area contributed by atoms with Crippen molar-refractivity contribution < 1.29 is 14.3 Å². The molecule has 9 nitrogen and oxygen atoms in total. The number of aromatic nitrogens is 3. The second-order valence-electron chi connectivity index (χ2n) is 6.74. The van der Waals surface area contributed by atoms with E-state index in [1.54, 1.807) is 47.1 Å². The lowest BCUT2D eigenvalue weighted by Gasteiger charge is -2.10. The van der Waals surface area contributed by atoms with Gasteiger partial charge in [-0.25, -0.2) is 4.79 Å². The summed E-state index contributed by atoms with van der Waals surface area (Å²) in [4.78, 5) is 28.0. The number of hydrogen-bond donors (Lipinski definition) is 3. The Hall–Kier alpha value is -4.40. The largest absolute Gasteiger partial charge is 0.457 e. The maximum atomic E-state index is 12.3. The number of aryl methyl sites for hydroxylation is 1. The summed E-state index contributed by atoms with van der Waals surface area (Å²) >= 11 is 0. The first kappa shape index (κ1) is 19.9. The van der Waals surface area contributed by atoms with Crippen LogP contribution in [0.3, 0.4) is 0 Å². The zero-order valence-corrected chi connectivity index (χ0v) is 16.9. The highest BCUT2D eigenvalue weighted by atomic mass is 16.5. The molecular formula is C22H20N6O3. The summed E-state index contributed by atoms with van der Waals surface area (Å²) in [6.07, 6.45) is 3.39. The van der Waals surface area contributed by atoms with Crippen molar-refractivity contribution in [3.63, 3.8) is 0 Å². The molecule has 0 aliphatic rings. The van der Waals surface area contributed by atoms with Crippen LogP contribution in [0.4, 0.5) is 16.2 Å². The van der Waals surface area contributed by atoms with Gasteiger partial charge in [0, 0.05) is 49.3 Å². The van der Waals surface area contributed by atoms with Crippen LogP contribution in [0.15, 0.2) is 67.0 Å². The number of pyridine rings is 1. The number of carbonyl (C=O) groups excluding carboxylic acids is 2. The van der Waals surface area contributed by atoms with Gasteiger partial charge in [0.15, 0.2) is 0 Å². The highest BCUT2D eigenvalue weighted by Gasteiger charge is 2.08. The van der Waals surface area contributed by atoms with E-state index in [1.165, 1.54) is 13.2 Å². The van der Waals surface area contributed by atoms with Crippen LogP contribution in [0, 0.1) is 0 Å². The Morgan fingerprint density at radius 2 is 1.68 bits per heavy atom. The fourth-order valence-corrected chi connectivity index (χ4v) is 2.99. The van der Waals surface area contributed by atoms with Gasteiger partial charge in [-0.15, -0.1) is 0 Å². The van der Waals surface area contributed by atoms with Crippen molar-refractivity contribution in [3.05, 3.63) is 72.7 Å². The number of fused-ring (bicyclic) bond motifs is 1. The number of nitrogens with one attached hydrogen (secondary N) is 3. The lowest BCUT2D eigenvalue weighted by atomic mass is 10.2. The van der Waals surface area contributed by atoms with Crippen LogP contribution in [0.1, 0.15) is 10.5 Å². The summed E-state index contributed by atoms with van der Waals surface area (Å²) in [6, 6.07) is 15.2. The third-order valence-electron chi connectivity index (χ3n) is 4.42. The van der Waals surface area contributed by atoms with Crippen LogP contribution in [0.5, 0.6) is 11.5 Å². The van der Waals surface area contributed by atoms with E-state index < -0.39 is 0 Å². The second kappa shape index (κ2) is 8.54. The van der Waals surface area contributed by atoms with Gasteiger partial charge < -0.3 is 20.7 Å². The Morgan fingerprint density at radius 3 is 2.45 bits per heavy atom. The molecule has 0 atom stereocenters. The molecule has 4 rings (SSSR count). The molecular weight excluding hydrogens is 396 g/mol. The minimum atomic E-state index is -0.360. The Balaban J connectivity index is 1.37. The first-order chi connectivity index (χ1) is 15.0. The first-order valence-corrected chi connectivity index (χ1v) is 9.47. The number of nitrogens with zero attached hydrogens (tertiary/aromatic N) is 3. The SMILES string of the molecule is CNC(=O)c1cc(Oc2ccc(NC(=O)Nc3ccc4nn(C)cc4c3)cc2)ccn1. The van der Waals surface area contributed by atoms with E-state index in [4.69, 9.17) is 4.74 Å². The summed E-state index contributed by atoms with van der Waals surface area (Å²) in [6.45, 7) is 0. The molecule has 0 saturated heterocycles. The van der Waals surface area contributed by atoms with E-state index in [1.807, 2.05) is 25.4 Å². The molecule has 0 unspecified atom stereocenters. The average molecular weight is 416 g/mol. The van der Waals surface area contributed by atoms with Crippen LogP contribution < -0.4 is 20.7 Å². The zero-order chi connectivity index (χ0) is 21.8. The van der Waals surface area contributed by atoms with Gasteiger partial charge in [-0.1, -0.05) is 0 Å². The van der Waals surface area contributed by atoms with Gasteiger partial charge >= 0.3 is 6.03 Å². The van der Waals surface area contributed by atoms with Gasteiger partial charge in [0.25, 0.3) is 5.91 Å².